The number of nitrogens with one attached hydrogen (secondary N) is 1. The molecule has 110 valence electrons. The Bertz CT molecular complexity index is 469. The molecule has 4 heteroatoms. The number of hydrogen-bond acceptors (Lipinski definition) is 3. The summed E-state index contributed by atoms with van der Waals surface area (Å²) in [5.74, 6) is 0.0830. The lowest BCUT2D eigenvalue weighted by Gasteiger charge is -2.20. The van der Waals surface area contributed by atoms with Crippen LogP contribution in [0.2, 0.25) is 0 Å². The molecule has 0 unspecified atom stereocenters. The van der Waals surface area contributed by atoms with Gasteiger partial charge in [-0.3, -0.25) is 9.69 Å². The average Bonchev–Trinajstić information content (AvgIpc) is 3.22. The fourth-order valence-electron chi connectivity index (χ4n) is 2.49. The number of anilines is 2. The summed E-state index contributed by atoms with van der Waals surface area (Å²) >= 11 is 0. The van der Waals surface area contributed by atoms with Crippen molar-refractivity contribution in [3.05, 3.63) is 23.8 Å². The minimum absolute atomic E-state index is 0.0830. The molecular formula is C16H25N3O. The number of nitrogens with zero attached hydrogens (tertiary/aromatic N) is 1. The lowest BCUT2D eigenvalue weighted by atomic mass is 10.1. The van der Waals surface area contributed by atoms with Crippen molar-refractivity contribution in [2.75, 3.05) is 24.1 Å². The molecular weight excluding hydrogens is 250 g/mol. The Hall–Kier alpha value is -1.55. The van der Waals surface area contributed by atoms with Gasteiger partial charge >= 0.3 is 0 Å². The average molecular weight is 275 g/mol. The zero-order valence-electron chi connectivity index (χ0n) is 12.5. The SMILES string of the molecule is CCCN(CCC(=O)Nc1ccc(N)cc1C)C1CC1. The summed E-state index contributed by atoms with van der Waals surface area (Å²) in [6.07, 6.45) is 4.28. The van der Waals surface area contributed by atoms with Crippen LogP contribution >= 0.6 is 0 Å². The van der Waals surface area contributed by atoms with Crippen LogP contribution in [-0.2, 0) is 4.79 Å². The molecule has 1 amide bonds. The van der Waals surface area contributed by atoms with Crippen molar-refractivity contribution in [1.82, 2.24) is 4.90 Å². The number of nitrogen functional groups attached to an aromatic ring is 1. The molecule has 0 atom stereocenters. The van der Waals surface area contributed by atoms with Gasteiger partial charge < -0.3 is 11.1 Å². The number of carbonyl (C=O) groups excluding carboxylic acids is 1. The van der Waals surface area contributed by atoms with E-state index in [4.69, 9.17) is 5.73 Å². The third-order valence-electron chi connectivity index (χ3n) is 3.72. The van der Waals surface area contributed by atoms with E-state index in [0.717, 1.165) is 42.5 Å². The summed E-state index contributed by atoms with van der Waals surface area (Å²) in [5.41, 5.74) is 8.30. The van der Waals surface area contributed by atoms with Gasteiger partial charge in [0.2, 0.25) is 5.91 Å². The largest absolute Gasteiger partial charge is 0.399 e. The molecule has 1 aliphatic rings. The van der Waals surface area contributed by atoms with Gasteiger partial charge in [-0.05, 0) is 56.5 Å². The van der Waals surface area contributed by atoms with Crippen LogP contribution < -0.4 is 11.1 Å². The second-order valence-electron chi connectivity index (χ2n) is 5.64. The number of nitrogens with two attached hydrogens (primary N) is 1. The van der Waals surface area contributed by atoms with E-state index in [1.807, 2.05) is 25.1 Å². The summed E-state index contributed by atoms with van der Waals surface area (Å²) in [5, 5.41) is 2.97. The van der Waals surface area contributed by atoms with Gasteiger partial charge in [0.05, 0.1) is 0 Å². The smallest absolute Gasteiger partial charge is 0.225 e. The molecule has 0 radical (unpaired) electrons. The Labute approximate surface area is 121 Å². The first-order chi connectivity index (χ1) is 9.60. The highest BCUT2D eigenvalue weighted by atomic mass is 16.1. The molecule has 0 aliphatic heterocycles. The van der Waals surface area contributed by atoms with Crippen molar-refractivity contribution in [2.24, 2.45) is 0 Å². The molecule has 2 rings (SSSR count). The molecule has 0 aromatic heterocycles. The highest BCUT2D eigenvalue weighted by molar-refractivity contribution is 5.91. The maximum atomic E-state index is 12.0. The standard InChI is InChI=1S/C16H25N3O/c1-3-9-19(14-5-6-14)10-8-16(20)18-15-7-4-13(17)11-12(15)2/h4,7,11,14H,3,5-6,8-10,17H2,1-2H3,(H,18,20). The molecule has 1 aliphatic carbocycles. The highest BCUT2D eigenvalue weighted by Gasteiger charge is 2.28. The maximum absolute atomic E-state index is 12.0. The van der Waals surface area contributed by atoms with Crippen molar-refractivity contribution in [1.29, 1.82) is 0 Å². The van der Waals surface area contributed by atoms with Crippen molar-refractivity contribution in [3.8, 4) is 0 Å². The van der Waals surface area contributed by atoms with Crippen LogP contribution in [0.3, 0.4) is 0 Å². The van der Waals surface area contributed by atoms with Crippen molar-refractivity contribution >= 4 is 17.3 Å². The molecule has 0 heterocycles. The maximum Gasteiger partial charge on any atom is 0.225 e. The van der Waals surface area contributed by atoms with E-state index in [9.17, 15) is 4.79 Å². The van der Waals surface area contributed by atoms with E-state index < -0.39 is 0 Å². The second kappa shape index (κ2) is 6.75. The molecule has 1 fully saturated rings. The van der Waals surface area contributed by atoms with E-state index in [1.54, 1.807) is 0 Å². The van der Waals surface area contributed by atoms with Crippen LogP contribution in [-0.4, -0.2) is 29.9 Å². The van der Waals surface area contributed by atoms with Gasteiger partial charge in [0.15, 0.2) is 0 Å². The third-order valence-corrected chi connectivity index (χ3v) is 3.72. The van der Waals surface area contributed by atoms with Gasteiger partial charge in [0.1, 0.15) is 0 Å². The van der Waals surface area contributed by atoms with Crippen LogP contribution in [0.25, 0.3) is 0 Å². The summed E-state index contributed by atoms with van der Waals surface area (Å²) in [4.78, 5) is 14.5. The zero-order chi connectivity index (χ0) is 14.5. The van der Waals surface area contributed by atoms with E-state index in [1.165, 1.54) is 12.8 Å². The van der Waals surface area contributed by atoms with Gasteiger partial charge in [-0.25, -0.2) is 0 Å². The molecule has 0 bridgehead atoms. The number of carbonyl (C=O) groups is 1. The lowest BCUT2D eigenvalue weighted by Crippen LogP contribution is -2.30. The zero-order valence-corrected chi connectivity index (χ0v) is 12.5. The van der Waals surface area contributed by atoms with E-state index in [2.05, 4.69) is 17.1 Å². The summed E-state index contributed by atoms with van der Waals surface area (Å²) in [6, 6.07) is 6.29. The molecule has 0 saturated heterocycles. The first-order valence-electron chi connectivity index (χ1n) is 7.50. The minimum Gasteiger partial charge on any atom is -0.399 e. The Kier molecular flexibility index (Phi) is 5.01. The summed E-state index contributed by atoms with van der Waals surface area (Å²) in [7, 11) is 0. The monoisotopic (exact) mass is 275 g/mol. The van der Waals surface area contributed by atoms with Gasteiger partial charge in [-0.2, -0.15) is 0 Å². The fourth-order valence-corrected chi connectivity index (χ4v) is 2.49. The number of rotatable bonds is 7. The molecule has 1 aromatic rings. The normalized spacial score (nSPS) is 14.6. The van der Waals surface area contributed by atoms with Crippen LogP contribution in [0.4, 0.5) is 11.4 Å². The Morgan fingerprint density at radius 1 is 1.40 bits per heavy atom. The number of benzene rings is 1. The fraction of sp³-hybridized carbons (Fsp3) is 0.562. The quantitative estimate of drug-likeness (QED) is 0.752. The lowest BCUT2D eigenvalue weighted by molar-refractivity contribution is -0.116. The van der Waals surface area contributed by atoms with Gasteiger partial charge in [0.25, 0.3) is 0 Å². The van der Waals surface area contributed by atoms with Crippen LogP contribution in [0, 0.1) is 6.92 Å². The van der Waals surface area contributed by atoms with E-state index >= 15 is 0 Å². The molecule has 1 aromatic carbocycles. The molecule has 1 saturated carbocycles. The van der Waals surface area contributed by atoms with Crippen LogP contribution in [0.15, 0.2) is 18.2 Å². The third kappa shape index (κ3) is 4.23. The first-order valence-corrected chi connectivity index (χ1v) is 7.50. The van der Waals surface area contributed by atoms with Crippen molar-refractivity contribution in [3.63, 3.8) is 0 Å². The van der Waals surface area contributed by atoms with Crippen molar-refractivity contribution < 1.29 is 4.79 Å². The number of hydrogen-bond donors (Lipinski definition) is 2. The van der Waals surface area contributed by atoms with E-state index in [0.29, 0.717) is 6.42 Å². The predicted molar refractivity (Wildman–Crippen MR) is 83.7 cm³/mol. The van der Waals surface area contributed by atoms with Gasteiger partial charge in [-0.15, -0.1) is 0 Å². The number of aryl methyl sites for hydroxylation is 1. The van der Waals surface area contributed by atoms with E-state index in [-0.39, 0.29) is 5.91 Å². The molecule has 20 heavy (non-hydrogen) atoms. The first kappa shape index (κ1) is 14.9. The molecule has 3 N–H and O–H groups in total. The van der Waals surface area contributed by atoms with Crippen LogP contribution in [0.1, 0.15) is 38.2 Å². The highest BCUT2D eigenvalue weighted by Crippen LogP contribution is 2.27. The summed E-state index contributed by atoms with van der Waals surface area (Å²) < 4.78 is 0. The Balaban J connectivity index is 1.82. The summed E-state index contributed by atoms with van der Waals surface area (Å²) in [6.45, 7) is 6.10. The van der Waals surface area contributed by atoms with Crippen molar-refractivity contribution in [2.45, 2.75) is 45.6 Å². The molecule has 4 nitrogen and oxygen atoms in total. The predicted octanol–water partition coefficient (Wildman–Crippen LogP) is 2.78. The number of amides is 1. The Morgan fingerprint density at radius 2 is 2.15 bits per heavy atom. The van der Waals surface area contributed by atoms with Gasteiger partial charge in [-0.1, -0.05) is 6.92 Å². The van der Waals surface area contributed by atoms with Crippen LogP contribution in [0.5, 0.6) is 0 Å². The second-order valence-corrected chi connectivity index (χ2v) is 5.64. The minimum atomic E-state index is 0.0830. The topological polar surface area (TPSA) is 58.4 Å². The molecule has 0 spiro atoms. The Morgan fingerprint density at radius 3 is 2.75 bits per heavy atom. The van der Waals surface area contributed by atoms with Gasteiger partial charge in [0, 0.05) is 30.4 Å².